The Morgan fingerprint density at radius 1 is 1.05 bits per heavy atom. The van der Waals surface area contributed by atoms with Crippen LogP contribution in [-0.2, 0) is 6.54 Å². The summed E-state index contributed by atoms with van der Waals surface area (Å²) < 4.78 is 7.65. The number of fused-ring (bicyclic) bond motifs is 1. The molecule has 9 heteroatoms. The standard InChI is InChI=1S/C31H28N4O4S/c1-39-23-12-9-19(10-13-23)18-32-31(38)35-26(20-6-4-7-20)17-25(34-35)24-14-11-22(16-27(24)36)33-30(37)29-15-21-5-2-3-8-28(21)40-29/h2-3,5,8-17,20,36H,4,6-7,18H2,1H3,(H,32,38)(H,33,37). The Bertz CT molecular complexity index is 1670. The van der Waals surface area contributed by atoms with Crippen molar-refractivity contribution in [3.8, 4) is 22.8 Å². The number of anilines is 1. The van der Waals surface area contributed by atoms with E-state index in [1.807, 2.05) is 60.7 Å². The van der Waals surface area contributed by atoms with E-state index in [-0.39, 0.29) is 23.6 Å². The molecule has 3 N–H and O–H groups in total. The first kappa shape index (κ1) is 25.6. The van der Waals surface area contributed by atoms with Crippen molar-refractivity contribution in [1.82, 2.24) is 15.1 Å². The van der Waals surface area contributed by atoms with E-state index in [2.05, 4.69) is 15.7 Å². The van der Waals surface area contributed by atoms with Gasteiger partial charge in [-0.1, -0.05) is 36.8 Å². The third-order valence-electron chi connectivity index (χ3n) is 7.24. The lowest BCUT2D eigenvalue weighted by molar-refractivity contribution is 0.103. The zero-order valence-electron chi connectivity index (χ0n) is 21.9. The van der Waals surface area contributed by atoms with E-state index >= 15 is 0 Å². The van der Waals surface area contributed by atoms with Crippen molar-refractivity contribution in [2.45, 2.75) is 31.7 Å². The number of hydrogen-bond acceptors (Lipinski definition) is 6. The molecule has 1 aliphatic rings. The molecule has 202 valence electrons. The molecule has 0 radical (unpaired) electrons. The van der Waals surface area contributed by atoms with E-state index in [0.29, 0.717) is 28.4 Å². The van der Waals surface area contributed by atoms with Gasteiger partial charge in [0.2, 0.25) is 0 Å². The number of aromatic nitrogens is 2. The van der Waals surface area contributed by atoms with Crippen molar-refractivity contribution in [1.29, 1.82) is 0 Å². The van der Waals surface area contributed by atoms with Gasteiger partial charge in [-0.25, -0.2) is 4.79 Å². The molecule has 40 heavy (non-hydrogen) atoms. The number of thiophene rings is 1. The molecule has 0 bridgehead atoms. The fourth-order valence-electron chi connectivity index (χ4n) is 4.79. The molecule has 0 atom stereocenters. The van der Waals surface area contributed by atoms with Crippen molar-refractivity contribution >= 4 is 39.0 Å². The zero-order valence-corrected chi connectivity index (χ0v) is 22.7. The molecule has 0 unspecified atom stereocenters. The minimum Gasteiger partial charge on any atom is -0.507 e. The largest absolute Gasteiger partial charge is 0.507 e. The SMILES string of the molecule is COc1ccc(CNC(=O)n2nc(-c3ccc(NC(=O)c4cc5ccccc5s4)cc3O)cc2C2CCC2)cc1. The molecule has 2 heterocycles. The van der Waals surface area contributed by atoms with E-state index < -0.39 is 0 Å². The number of carbonyl (C=O) groups excluding carboxylic acids is 2. The average Bonchev–Trinajstić information content (AvgIpc) is 3.56. The van der Waals surface area contributed by atoms with E-state index in [1.54, 1.807) is 19.2 Å². The van der Waals surface area contributed by atoms with Gasteiger partial charge in [0, 0.05) is 34.5 Å². The molecule has 2 amide bonds. The predicted molar refractivity (Wildman–Crippen MR) is 156 cm³/mol. The summed E-state index contributed by atoms with van der Waals surface area (Å²) in [5, 5.41) is 22.3. The molecule has 1 fully saturated rings. The van der Waals surface area contributed by atoms with Gasteiger partial charge in [0.1, 0.15) is 11.5 Å². The Hall–Kier alpha value is -4.63. The van der Waals surface area contributed by atoms with Crippen LogP contribution in [0.2, 0.25) is 0 Å². The van der Waals surface area contributed by atoms with E-state index in [9.17, 15) is 14.7 Å². The molecule has 6 rings (SSSR count). The average molecular weight is 553 g/mol. The molecule has 2 aromatic heterocycles. The number of aromatic hydroxyl groups is 1. The van der Waals surface area contributed by atoms with Crippen LogP contribution in [0, 0.1) is 0 Å². The predicted octanol–water partition coefficient (Wildman–Crippen LogP) is 6.76. The smallest absolute Gasteiger partial charge is 0.342 e. The van der Waals surface area contributed by atoms with Gasteiger partial charge in [0.15, 0.2) is 0 Å². The molecule has 8 nitrogen and oxygen atoms in total. The van der Waals surface area contributed by atoms with Crippen LogP contribution in [0.5, 0.6) is 11.5 Å². The third-order valence-corrected chi connectivity index (χ3v) is 8.35. The Kier molecular flexibility index (Phi) is 6.96. The fourth-order valence-corrected chi connectivity index (χ4v) is 5.75. The van der Waals surface area contributed by atoms with Crippen molar-refractivity contribution in [2.75, 3.05) is 12.4 Å². The van der Waals surface area contributed by atoms with Crippen molar-refractivity contribution in [3.05, 3.63) is 95.0 Å². The first-order valence-corrected chi connectivity index (χ1v) is 13.9. The maximum atomic E-state index is 13.2. The summed E-state index contributed by atoms with van der Waals surface area (Å²) in [7, 11) is 1.61. The lowest BCUT2D eigenvalue weighted by atomic mass is 9.82. The maximum absolute atomic E-state index is 13.2. The van der Waals surface area contributed by atoms with Gasteiger partial charge in [-0.3, -0.25) is 4.79 Å². The van der Waals surface area contributed by atoms with Crippen molar-refractivity contribution < 1.29 is 19.4 Å². The first-order chi connectivity index (χ1) is 19.5. The van der Waals surface area contributed by atoms with Crippen LogP contribution in [0.4, 0.5) is 10.5 Å². The number of phenols is 1. The summed E-state index contributed by atoms with van der Waals surface area (Å²) in [6, 6.07) is 23.7. The minimum absolute atomic E-state index is 0.0300. The van der Waals surface area contributed by atoms with Gasteiger partial charge in [0.25, 0.3) is 5.91 Å². The Balaban J connectivity index is 1.20. The second-order valence-electron chi connectivity index (χ2n) is 9.84. The Morgan fingerprint density at radius 3 is 2.55 bits per heavy atom. The van der Waals surface area contributed by atoms with Gasteiger partial charge in [0.05, 0.1) is 23.4 Å². The first-order valence-electron chi connectivity index (χ1n) is 13.1. The summed E-state index contributed by atoms with van der Waals surface area (Å²) in [5.41, 5.74) is 3.23. The third kappa shape index (κ3) is 5.15. The summed E-state index contributed by atoms with van der Waals surface area (Å²) in [4.78, 5) is 26.6. The highest BCUT2D eigenvalue weighted by Gasteiger charge is 2.27. The Labute approximate surface area is 235 Å². The lowest BCUT2D eigenvalue weighted by Crippen LogP contribution is -2.31. The topological polar surface area (TPSA) is 105 Å². The molecule has 1 aliphatic carbocycles. The van der Waals surface area contributed by atoms with Crippen LogP contribution in [-0.4, -0.2) is 33.9 Å². The normalized spacial score (nSPS) is 13.1. The number of methoxy groups -OCH3 is 1. The molecular formula is C31H28N4O4S. The highest BCUT2D eigenvalue weighted by molar-refractivity contribution is 7.20. The summed E-state index contributed by atoms with van der Waals surface area (Å²) in [6.07, 6.45) is 3.09. The number of nitrogens with one attached hydrogen (secondary N) is 2. The van der Waals surface area contributed by atoms with Crippen LogP contribution in [0.15, 0.2) is 78.9 Å². The molecular weight excluding hydrogens is 524 g/mol. The molecule has 3 aromatic carbocycles. The molecule has 0 aliphatic heterocycles. The fraction of sp³-hybridized carbons (Fsp3) is 0.194. The number of amides is 2. The van der Waals surface area contributed by atoms with Gasteiger partial charge in [-0.2, -0.15) is 9.78 Å². The van der Waals surface area contributed by atoms with Crippen LogP contribution in [0.1, 0.15) is 46.1 Å². The summed E-state index contributed by atoms with van der Waals surface area (Å²) in [6.45, 7) is 0.349. The van der Waals surface area contributed by atoms with Crippen molar-refractivity contribution in [2.24, 2.45) is 0 Å². The van der Waals surface area contributed by atoms with Crippen LogP contribution >= 0.6 is 11.3 Å². The summed E-state index contributed by atoms with van der Waals surface area (Å²) in [5.74, 6) is 0.732. The van der Waals surface area contributed by atoms with Gasteiger partial charge in [-0.15, -0.1) is 11.3 Å². The summed E-state index contributed by atoms with van der Waals surface area (Å²) >= 11 is 1.42. The number of ether oxygens (including phenoxy) is 1. The van der Waals surface area contributed by atoms with E-state index in [1.165, 1.54) is 22.1 Å². The monoisotopic (exact) mass is 552 g/mol. The van der Waals surface area contributed by atoms with Crippen LogP contribution in [0.25, 0.3) is 21.3 Å². The number of phenolic OH excluding ortho intramolecular Hbond substituents is 1. The van der Waals surface area contributed by atoms with E-state index in [4.69, 9.17) is 4.74 Å². The minimum atomic E-state index is -0.323. The molecule has 5 aromatic rings. The van der Waals surface area contributed by atoms with E-state index in [0.717, 1.165) is 46.4 Å². The van der Waals surface area contributed by atoms with Gasteiger partial charge < -0.3 is 20.5 Å². The van der Waals surface area contributed by atoms with Crippen LogP contribution in [0.3, 0.4) is 0 Å². The molecule has 1 saturated carbocycles. The van der Waals surface area contributed by atoms with Gasteiger partial charge >= 0.3 is 6.03 Å². The lowest BCUT2D eigenvalue weighted by Gasteiger charge is -2.25. The second kappa shape index (κ2) is 10.9. The Morgan fingerprint density at radius 2 is 1.85 bits per heavy atom. The van der Waals surface area contributed by atoms with Crippen molar-refractivity contribution in [3.63, 3.8) is 0 Å². The highest BCUT2D eigenvalue weighted by Crippen LogP contribution is 2.39. The van der Waals surface area contributed by atoms with Gasteiger partial charge in [-0.05, 0) is 66.3 Å². The quantitative estimate of drug-likeness (QED) is 0.207. The molecule has 0 saturated heterocycles. The maximum Gasteiger partial charge on any atom is 0.342 e. The highest BCUT2D eigenvalue weighted by atomic mass is 32.1. The second-order valence-corrected chi connectivity index (χ2v) is 10.9. The number of nitrogens with zero attached hydrogens (tertiary/aromatic N) is 2. The molecule has 0 spiro atoms. The number of benzene rings is 3. The number of hydrogen-bond donors (Lipinski definition) is 3. The zero-order chi connectivity index (χ0) is 27.6. The number of rotatable bonds is 7. The van der Waals surface area contributed by atoms with Crippen LogP contribution < -0.4 is 15.4 Å². The number of carbonyl (C=O) groups is 2.